The van der Waals surface area contributed by atoms with E-state index in [0.29, 0.717) is 18.3 Å². The number of thiophene rings is 1. The van der Waals surface area contributed by atoms with E-state index in [1.807, 2.05) is 16.8 Å². The quantitative estimate of drug-likeness (QED) is 0.657. The summed E-state index contributed by atoms with van der Waals surface area (Å²) in [6.07, 6.45) is 3.42. The molecule has 118 valence electrons. The number of rotatable bonds is 7. The number of hydrogen-bond acceptors (Lipinski definition) is 9. The van der Waals surface area contributed by atoms with Gasteiger partial charge in [-0.2, -0.15) is 16.3 Å². The summed E-state index contributed by atoms with van der Waals surface area (Å²) < 4.78 is 10.1. The smallest absolute Gasteiger partial charge is 0.308 e. The van der Waals surface area contributed by atoms with Crippen LogP contribution >= 0.6 is 11.3 Å². The zero-order chi connectivity index (χ0) is 15.9. The third kappa shape index (κ3) is 4.33. The molecule has 0 unspecified atom stereocenters. The molecule has 0 spiro atoms. The van der Waals surface area contributed by atoms with Gasteiger partial charge < -0.3 is 14.6 Å². The first-order valence-corrected chi connectivity index (χ1v) is 7.77. The number of nitrogens with zero attached hydrogens (tertiary/aromatic N) is 4. The zero-order valence-electron chi connectivity index (χ0n) is 12.0. The van der Waals surface area contributed by atoms with Gasteiger partial charge in [-0.25, -0.2) is 9.97 Å². The Kier molecular flexibility index (Phi) is 4.89. The summed E-state index contributed by atoms with van der Waals surface area (Å²) in [5, 5.41) is 10.6. The Bertz CT molecular complexity index is 745. The Morgan fingerprint density at radius 3 is 3.00 bits per heavy atom. The monoisotopic (exact) mass is 331 g/mol. The third-order valence-electron chi connectivity index (χ3n) is 2.78. The number of ether oxygens (including phenoxy) is 1. The molecule has 0 saturated heterocycles. The van der Waals surface area contributed by atoms with Crippen molar-refractivity contribution in [1.82, 2.24) is 20.1 Å². The van der Waals surface area contributed by atoms with Crippen LogP contribution < -0.4 is 5.32 Å². The standard InChI is InChI=1S/C14H13N5O3S/c20-12(2-6-17-14-15-4-1-5-16-14)21-8-11-18-13(19-22-11)10-3-7-23-9-10/h1,3-5,7,9H,2,6,8H2,(H,15,16,17). The van der Waals surface area contributed by atoms with Gasteiger partial charge >= 0.3 is 5.97 Å². The molecule has 0 bridgehead atoms. The van der Waals surface area contributed by atoms with Gasteiger partial charge in [-0.3, -0.25) is 4.79 Å². The number of carbonyl (C=O) groups is 1. The van der Waals surface area contributed by atoms with Crippen LogP contribution in [0.1, 0.15) is 12.3 Å². The molecule has 1 N–H and O–H groups in total. The van der Waals surface area contributed by atoms with E-state index < -0.39 is 0 Å². The Labute approximate surface area is 135 Å². The first-order chi connectivity index (χ1) is 11.3. The van der Waals surface area contributed by atoms with Gasteiger partial charge in [-0.1, -0.05) is 5.16 Å². The number of hydrogen-bond donors (Lipinski definition) is 1. The van der Waals surface area contributed by atoms with Crippen LogP contribution in [0.4, 0.5) is 5.95 Å². The number of anilines is 1. The van der Waals surface area contributed by atoms with Crippen LogP contribution in [0.5, 0.6) is 0 Å². The number of carbonyl (C=O) groups excluding carboxylic acids is 1. The maximum Gasteiger partial charge on any atom is 0.308 e. The summed E-state index contributed by atoms with van der Waals surface area (Å²) >= 11 is 1.54. The molecule has 0 aliphatic rings. The SMILES string of the molecule is O=C(CCNc1ncccn1)OCc1nc(-c2ccsc2)no1. The van der Waals surface area contributed by atoms with Gasteiger partial charge in [-0.15, -0.1) is 0 Å². The summed E-state index contributed by atoms with van der Waals surface area (Å²) in [6.45, 7) is 0.338. The molecule has 3 aromatic rings. The molecule has 0 aliphatic heterocycles. The fourth-order valence-electron chi connectivity index (χ4n) is 1.70. The molecule has 3 heterocycles. The van der Waals surface area contributed by atoms with Crippen molar-refractivity contribution >= 4 is 23.3 Å². The van der Waals surface area contributed by atoms with E-state index in [4.69, 9.17) is 9.26 Å². The van der Waals surface area contributed by atoms with Crippen molar-refractivity contribution < 1.29 is 14.1 Å². The highest BCUT2D eigenvalue weighted by atomic mass is 32.1. The van der Waals surface area contributed by atoms with Crippen LogP contribution in [-0.2, 0) is 16.1 Å². The van der Waals surface area contributed by atoms with Crippen molar-refractivity contribution in [2.75, 3.05) is 11.9 Å². The molecule has 23 heavy (non-hydrogen) atoms. The predicted molar refractivity (Wildman–Crippen MR) is 82.5 cm³/mol. The summed E-state index contributed by atoms with van der Waals surface area (Å²) in [4.78, 5) is 23.8. The van der Waals surface area contributed by atoms with E-state index in [1.54, 1.807) is 29.8 Å². The van der Waals surface area contributed by atoms with Gasteiger partial charge in [0.1, 0.15) is 0 Å². The van der Waals surface area contributed by atoms with Crippen molar-refractivity contribution in [3.8, 4) is 11.4 Å². The second-order valence-electron chi connectivity index (χ2n) is 4.43. The van der Waals surface area contributed by atoms with Crippen LogP contribution in [-0.4, -0.2) is 32.6 Å². The molecule has 0 aromatic carbocycles. The highest BCUT2D eigenvalue weighted by molar-refractivity contribution is 7.08. The first-order valence-electron chi connectivity index (χ1n) is 6.83. The average molecular weight is 331 g/mol. The van der Waals surface area contributed by atoms with Gasteiger partial charge in [-0.05, 0) is 17.5 Å². The van der Waals surface area contributed by atoms with Gasteiger partial charge in [0.05, 0.1) is 6.42 Å². The van der Waals surface area contributed by atoms with Crippen molar-refractivity contribution in [1.29, 1.82) is 0 Å². The van der Waals surface area contributed by atoms with Gasteiger partial charge in [0, 0.05) is 29.9 Å². The van der Waals surface area contributed by atoms with Crippen LogP contribution in [0.15, 0.2) is 39.8 Å². The Hall–Kier alpha value is -2.81. The molecular formula is C14H13N5O3S. The van der Waals surface area contributed by atoms with Crippen LogP contribution in [0.2, 0.25) is 0 Å². The Morgan fingerprint density at radius 2 is 2.22 bits per heavy atom. The number of nitrogens with one attached hydrogen (secondary N) is 1. The van der Waals surface area contributed by atoms with E-state index in [2.05, 4.69) is 25.4 Å². The lowest BCUT2D eigenvalue weighted by atomic mass is 10.3. The summed E-state index contributed by atoms with van der Waals surface area (Å²) in [6, 6.07) is 3.61. The van der Waals surface area contributed by atoms with Crippen LogP contribution in [0.3, 0.4) is 0 Å². The zero-order valence-corrected chi connectivity index (χ0v) is 12.8. The number of esters is 1. The van der Waals surface area contributed by atoms with Crippen molar-refractivity contribution in [3.63, 3.8) is 0 Å². The van der Waals surface area contributed by atoms with E-state index in [1.165, 1.54) is 0 Å². The maximum atomic E-state index is 11.7. The van der Waals surface area contributed by atoms with E-state index in [9.17, 15) is 4.79 Å². The molecule has 3 rings (SSSR count). The highest BCUT2D eigenvalue weighted by Crippen LogP contribution is 2.18. The molecule has 8 nitrogen and oxygen atoms in total. The second kappa shape index (κ2) is 7.45. The fraction of sp³-hybridized carbons (Fsp3) is 0.214. The average Bonchev–Trinajstić information content (AvgIpc) is 3.25. The lowest BCUT2D eigenvalue weighted by molar-refractivity contribution is -0.145. The van der Waals surface area contributed by atoms with Crippen molar-refractivity contribution in [2.45, 2.75) is 13.0 Å². The summed E-state index contributed by atoms with van der Waals surface area (Å²) in [7, 11) is 0. The second-order valence-corrected chi connectivity index (χ2v) is 5.21. The van der Waals surface area contributed by atoms with Gasteiger partial charge in [0.15, 0.2) is 6.61 Å². The Balaban J connectivity index is 1.41. The molecule has 0 saturated carbocycles. The largest absolute Gasteiger partial charge is 0.456 e. The third-order valence-corrected chi connectivity index (χ3v) is 3.47. The van der Waals surface area contributed by atoms with E-state index >= 15 is 0 Å². The molecule has 0 fully saturated rings. The summed E-state index contributed by atoms with van der Waals surface area (Å²) in [5.41, 5.74) is 0.878. The topological polar surface area (TPSA) is 103 Å². The number of aromatic nitrogens is 4. The molecule has 0 aliphatic carbocycles. The lowest BCUT2D eigenvalue weighted by Gasteiger charge is -2.03. The molecule has 0 amide bonds. The lowest BCUT2D eigenvalue weighted by Crippen LogP contribution is -2.12. The molecule has 0 radical (unpaired) electrons. The minimum absolute atomic E-state index is 0.0438. The van der Waals surface area contributed by atoms with Crippen LogP contribution in [0.25, 0.3) is 11.4 Å². The fourth-order valence-corrected chi connectivity index (χ4v) is 2.34. The van der Waals surface area contributed by atoms with E-state index in [0.717, 1.165) is 5.56 Å². The highest BCUT2D eigenvalue weighted by Gasteiger charge is 2.11. The molecule has 3 aromatic heterocycles. The van der Waals surface area contributed by atoms with Crippen LogP contribution in [0, 0.1) is 0 Å². The first kappa shape index (κ1) is 15.1. The van der Waals surface area contributed by atoms with Gasteiger partial charge in [0.25, 0.3) is 5.89 Å². The molecular weight excluding hydrogens is 318 g/mol. The molecule has 0 atom stereocenters. The molecule has 9 heteroatoms. The predicted octanol–water partition coefficient (Wildman–Crippen LogP) is 2.13. The minimum atomic E-state index is -0.372. The van der Waals surface area contributed by atoms with Crippen molar-refractivity contribution in [2.24, 2.45) is 0 Å². The normalized spacial score (nSPS) is 10.4. The Morgan fingerprint density at radius 1 is 1.35 bits per heavy atom. The maximum absolute atomic E-state index is 11.7. The van der Waals surface area contributed by atoms with E-state index in [-0.39, 0.29) is 24.9 Å². The van der Waals surface area contributed by atoms with Crippen molar-refractivity contribution in [3.05, 3.63) is 41.2 Å². The minimum Gasteiger partial charge on any atom is -0.456 e. The van der Waals surface area contributed by atoms with Gasteiger partial charge in [0.2, 0.25) is 11.8 Å². The summed E-state index contributed by atoms with van der Waals surface area (Å²) in [5.74, 6) is 0.848.